The molecular formula is C11H8F2N2O. The second-order valence-electron chi connectivity index (χ2n) is 3.36. The summed E-state index contributed by atoms with van der Waals surface area (Å²) in [6.07, 6.45) is 2.25. The molecule has 1 aromatic carbocycles. The number of carbonyl (C=O) groups is 1. The van der Waals surface area contributed by atoms with E-state index in [1.165, 1.54) is 18.3 Å². The summed E-state index contributed by atoms with van der Waals surface area (Å²) >= 11 is 0. The van der Waals surface area contributed by atoms with E-state index in [2.05, 4.69) is 9.97 Å². The van der Waals surface area contributed by atoms with Gasteiger partial charge in [-0.05, 0) is 17.7 Å². The molecule has 0 fully saturated rings. The van der Waals surface area contributed by atoms with Crippen molar-refractivity contribution >= 4 is 6.29 Å². The average Bonchev–Trinajstić information content (AvgIpc) is 2.64. The highest BCUT2D eigenvalue weighted by atomic mass is 19.1. The van der Waals surface area contributed by atoms with Gasteiger partial charge in [0.05, 0.1) is 11.9 Å². The molecule has 0 radical (unpaired) electrons. The van der Waals surface area contributed by atoms with Crippen molar-refractivity contribution < 1.29 is 13.6 Å². The molecule has 16 heavy (non-hydrogen) atoms. The summed E-state index contributed by atoms with van der Waals surface area (Å²) in [6.45, 7) is 0. The van der Waals surface area contributed by atoms with E-state index in [0.717, 1.165) is 6.07 Å². The minimum Gasteiger partial charge on any atom is -0.340 e. The number of imidazole rings is 1. The fraction of sp³-hybridized carbons (Fsp3) is 0.0909. The van der Waals surface area contributed by atoms with Crippen LogP contribution in [0.15, 0.2) is 24.4 Å². The Bertz CT molecular complexity index is 502. The zero-order valence-electron chi connectivity index (χ0n) is 8.21. The molecule has 0 bridgehead atoms. The lowest BCUT2D eigenvalue weighted by Crippen LogP contribution is -1.93. The van der Waals surface area contributed by atoms with Crippen molar-refractivity contribution in [2.45, 2.75) is 6.42 Å². The number of carbonyl (C=O) groups excluding carboxylic acids is 1. The molecule has 5 heteroatoms. The molecule has 0 amide bonds. The second-order valence-corrected chi connectivity index (χ2v) is 3.36. The van der Waals surface area contributed by atoms with E-state index in [9.17, 15) is 13.6 Å². The number of nitrogens with one attached hydrogen (secondary N) is 1. The maximum absolute atomic E-state index is 12.9. The van der Waals surface area contributed by atoms with Crippen LogP contribution in [-0.4, -0.2) is 16.3 Å². The highest BCUT2D eigenvalue weighted by Crippen LogP contribution is 2.11. The summed E-state index contributed by atoms with van der Waals surface area (Å²) in [5, 5.41) is 0. The van der Waals surface area contributed by atoms with Crippen LogP contribution in [0.2, 0.25) is 0 Å². The largest absolute Gasteiger partial charge is 0.340 e. The zero-order chi connectivity index (χ0) is 11.5. The Morgan fingerprint density at radius 1 is 1.25 bits per heavy atom. The molecule has 1 N–H and O–H groups in total. The van der Waals surface area contributed by atoms with E-state index in [0.29, 0.717) is 23.4 Å². The van der Waals surface area contributed by atoms with Gasteiger partial charge in [-0.15, -0.1) is 0 Å². The molecule has 0 aliphatic carbocycles. The Morgan fingerprint density at radius 3 is 2.50 bits per heavy atom. The van der Waals surface area contributed by atoms with E-state index in [1.807, 2.05) is 0 Å². The first-order valence-electron chi connectivity index (χ1n) is 4.61. The smallest absolute Gasteiger partial charge is 0.167 e. The van der Waals surface area contributed by atoms with Gasteiger partial charge in [-0.1, -0.05) is 0 Å². The fourth-order valence-corrected chi connectivity index (χ4v) is 1.43. The fourth-order valence-electron chi connectivity index (χ4n) is 1.43. The Kier molecular flexibility index (Phi) is 2.76. The Morgan fingerprint density at radius 2 is 1.94 bits per heavy atom. The van der Waals surface area contributed by atoms with Crippen LogP contribution in [0.4, 0.5) is 8.78 Å². The summed E-state index contributed by atoms with van der Waals surface area (Å²) in [7, 11) is 0. The van der Waals surface area contributed by atoms with Crippen molar-refractivity contribution in [2.75, 3.05) is 0 Å². The maximum atomic E-state index is 12.9. The molecule has 0 unspecified atom stereocenters. The van der Waals surface area contributed by atoms with Crippen LogP contribution >= 0.6 is 0 Å². The molecule has 2 rings (SSSR count). The number of nitrogens with zero attached hydrogens (tertiary/aromatic N) is 1. The SMILES string of the molecule is O=Cc1cnc(Cc2cc(F)cc(F)c2)[nH]1. The predicted octanol–water partition coefficient (Wildman–Crippen LogP) is 2.09. The number of benzene rings is 1. The Balaban J connectivity index is 2.22. The third-order valence-electron chi connectivity index (χ3n) is 2.07. The summed E-state index contributed by atoms with van der Waals surface area (Å²) in [5.74, 6) is -0.763. The lowest BCUT2D eigenvalue weighted by atomic mass is 10.1. The molecule has 82 valence electrons. The van der Waals surface area contributed by atoms with Gasteiger partial charge in [-0.2, -0.15) is 0 Å². The van der Waals surface area contributed by atoms with E-state index >= 15 is 0 Å². The van der Waals surface area contributed by atoms with Gasteiger partial charge in [-0.25, -0.2) is 13.8 Å². The topological polar surface area (TPSA) is 45.8 Å². The monoisotopic (exact) mass is 222 g/mol. The quantitative estimate of drug-likeness (QED) is 0.808. The summed E-state index contributed by atoms with van der Waals surface area (Å²) < 4.78 is 25.8. The van der Waals surface area contributed by atoms with Crippen molar-refractivity contribution in [3.05, 3.63) is 53.1 Å². The molecule has 0 atom stereocenters. The van der Waals surface area contributed by atoms with Gasteiger partial charge >= 0.3 is 0 Å². The van der Waals surface area contributed by atoms with Crippen molar-refractivity contribution in [2.24, 2.45) is 0 Å². The van der Waals surface area contributed by atoms with Gasteiger partial charge in [0.15, 0.2) is 6.29 Å². The Labute approximate surface area is 90.1 Å². The lowest BCUT2D eigenvalue weighted by Gasteiger charge is -1.99. The molecule has 1 heterocycles. The summed E-state index contributed by atoms with van der Waals surface area (Å²) in [6, 6.07) is 3.26. The van der Waals surface area contributed by atoms with Gasteiger partial charge in [0.1, 0.15) is 17.5 Å². The molecular weight excluding hydrogens is 214 g/mol. The van der Waals surface area contributed by atoms with Crippen molar-refractivity contribution in [3.8, 4) is 0 Å². The first-order valence-corrected chi connectivity index (χ1v) is 4.61. The van der Waals surface area contributed by atoms with E-state index in [-0.39, 0.29) is 6.42 Å². The van der Waals surface area contributed by atoms with Crippen LogP contribution in [0, 0.1) is 11.6 Å². The van der Waals surface area contributed by atoms with Crippen LogP contribution in [0.1, 0.15) is 21.9 Å². The Hall–Kier alpha value is -2.04. The van der Waals surface area contributed by atoms with Gasteiger partial charge in [-0.3, -0.25) is 4.79 Å². The van der Waals surface area contributed by atoms with Gasteiger partial charge in [0.2, 0.25) is 0 Å². The molecule has 3 nitrogen and oxygen atoms in total. The van der Waals surface area contributed by atoms with Crippen LogP contribution in [-0.2, 0) is 6.42 Å². The van der Waals surface area contributed by atoms with Crippen molar-refractivity contribution in [3.63, 3.8) is 0 Å². The van der Waals surface area contributed by atoms with E-state index in [4.69, 9.17) is 0 Å². The number of aromatic nitrogens is 2. The van der Waals surface area contributed by atoms with Crippen LogP contribution in [0.5, 0.6) is 0 Å². The molecule has 2 aromatic rings. The van der Waals surface area contributed by atoms with Crippen LogP contribution in [0.25, 0.3) is 0 Å². The number of aldehydes is 1. The number of H-pyrrole nitrogens is 1. The zero-order valence-corrected chi connectivity index (χ0v) is 8.21. The summed E-state index contributed by atoms with van der Waals surface area (Å²) in [4.78, 5) is 17.0. The highest BCUT2D eigenvalue weighted by Gasteiger charge is 2.04. The first kappa shape index (κ1) is 10.5. The number of hydrogen-bond donors (Lipinski definition) is 1. The number of hydrogen-bond acceptors (Lipinski definition) is 2. The number of aromatic amines is 1. The molecule has 0 saturated carbocycles. The third-order valence-corrected chi connectivity index (χ3v) is 2.07. The van der Waals surface area contributed by atoms with E-state index in [1.54, 1.807) is 0 Å². The van der Waals surface area contributed by atoms with Crippen LogP contribution < -0.4 is 0 Å². The average molecular weight is 222 g/mol. The molecule has 0 aliphatic heterocycles. The number of rotatable bonds is 3. The van der Waals surface area contributed by atoms with Gasteiger partial charge in [0.25, 0.3) is 0 Å². The minimum absolute atomic E-state index is 0.252. The second kappa shape index (κ2) is 4.22. The van der Waals surface area contributed by atoms with Gasteiger partial charge < -0.3 is 4.98 Å². The third kappa shape index (κ3) is 2.31. The molecule has 1 aromatic heterocycles. The summed E-state index contributed by atoms with van der Waals surface area (Å²) in [5.41, 5.74) is 0.802. The van der Waals surface area contributed by atoms with Crippen molar-refractivity contribution in [1.82, 2.24) is 9.97 Å². The highest BCUT2D eigenvalue weighted by molar-refractivity contribution is 5.71. The van der Waals surface area contributed by atoms with Gasteiger partial charge in [0, 0.05) is 12.5 Å². The molecule has 0 spiro atoms. The molecule has 0 aliphatic rings. The number of halogens is 2. The van der Waals surface area contributed by atoms with E-state index < -0.39 is 11.6 Å². The van der Waals surface area contributed by atoms with Crippen molar-refractivity contribution in [1.29, 1.82) is 0 Å². The minimum atomic E-state index is -0.628. The normalized spacial score (nSPS) is 10.4. The van der Waals surface area contributed by atoms with Crippen LogP contribution in [0.3, 0.4) is 0 Å². The lowest BCUT2D eigenvalue weighted by molar-refractivity contribution is 0.111. The first-order chi connectivity index (χ1) is 7.67. The molecule has 0 saturated heterocycles. The maximum Gasteiger partial charge on any atom is 0.167 e. The standard InChI is InChI=1S/C11H8F2N2O/c12-8-1-7(2-9(13)4-8)3-11-14-5-10(6-16)15-11/h1-2,4-6H,3H2,(H,14,15). The predicted molar refractivity (Wildman–Crippen MR) is 53.1 cm³/mol.